The van der Waals surface area contributed by atoms with Crippen LogP contribution in [0.5, 0.6) is 0 Å². The van der Waals surface area contributed by atoms with Crippen molar-refractivity contribution in [1.29, 1.82) is 0 Å². The Bertz CT molecular complexity index is 631. The van der Waals surface area contributed by atoms with Crippen LogP contribution in [-0.4, -0.2) is 18.5 Å². The van der Waals surface area contributed by atoms with E-state index in [0.29, 0.717) is 17.8 Å². The molecule has 4 nitrogen and oxygen atoms in total. The zero-order valence-electron chi connectivity index (χ0n) is 14.2. The predicted octanol–water partition coefficient (Wildman–Crippen LogP) is 3.69. The van der Waals surface area contributed by atoms with Crippen molar-refractivity contribution in [3.05, 3.63) is 29.8 Å². The van der Waals surface area contributed by atoms with Crippen LogP contribution in [0.3, 0.4) is 0 Å². The molecule has 4 aliphatic rings. The summed E-state index contributed by atoms with van der Waals surface area (Å²) in [6, 6.07) is 7.60. The first-order chi connectivity index (χ1) is 11.5. The van der Waals surface area contributed by atoms with Gasteiger partial charge in [0.15, 0.2) is 6.61 Å². The first-order valence-corrected chi connectivity index (χ1v) is 9.07. The van der Waals surface area contributed by atoms with Crippen molar-refractivity contribution < 1.29 is 14.3 Å². The van der Waals surface area contributed by atoms with Crippen LogP contribution in [0.25, 0.3) is 0 Å². The number of aryl methyl sites for hydroxylation is 1. The van der Waals surface area contributed by atoms with Crippen molar-refractivity contribution in [2.45, 2.75) is 45.4 Å². The maximum Gasteiger partial charge on any atom is 0.312 e. The first-order valence-electron chi connectivity index (χ1n) is 9.07. The molecule has 0 aromatic heterocycles. The number of nitrogens with one attached hydrogen (secondary N) is 1. The zero-order chi connectivity index (χ0) is 16.7. The average Bonchev–Trinajstić information content (AvgIpc) is 2.53. The first kappa shape index (κ1) is 15.7. The SMILES string of the molecule is Cc1ccccc1NC(=O)COC(=O)C12CC3CC(CC(C3)C1)C2. The smallest absolute Gasteiger partial charge is 0.312 e. The zero-order valence-corrected chi connectivity index (χ0v) is 14.2. The lowest BCUT2D eigenvalue weighted by molar-refractivity contribution is -0.172. The molecule has 0 radical (unpaired) electrons. The minimum absolute atomic E-state index is 0.137. The van der Waals surface area contributed by atoms with Gasteiger partial charge in [-0.15, -0.1) is 0 Å². The van der Waals surface area contributed by atoms with Gasteiger partial charge in [0, 0.05) is 5.69 Å². The lowest BCUT2D eigenvalue weighted by atomic mass is 9.49. The number of carbonyl (C=O) groups is 2. The molecule has 1 aromatic rings. The van der Waals surface area contributed by atoms with Gasteiger partial charge in [0.05, 0.1) is 5.41 Å². The van der Waals surface area contributed by atoms with E-state index in [1.165, 1.54) is 19.3 Å². The molecule has 1 amide bonds. The number of para-hydroxylation sites is 1. The van der Waals surface area contributed by atoms with Gasteiger partial charge in [0.25, 0.3) is 5.91 Å². The third-order valence-corrected chi connectivity index (χ3v) is 6.22. The number of rotatable bonds is 4. The summed E-state index contributed by atoms with van der Waals surface area (Å²) in [6.07, 6.45) is 6.78. The van der Waals surface area contributed by atoms with Crippen LogP contribution in [0.4, 0.5) is 5.69 Å². The summed E-state index contributed by atoms with van der Waals surface area (Å²) < 4.78 is 5.45. The summed E-state index contributed by atoms with van der Waals surface area (Å²) in [5.74, 6) is 1.70. The third-order valence-electron chi connectivity index (χ3n) is 6.22. The molecule has 1 aromatic carbocycles. The summed E-state index contributed by atoms with van der Waals surface area (Å²) in [5.41, 5.74) is 1.48. The summed E-state index contributed by atoms with van der Waals surface area (Å²) in [6.45, 7) is 1.76. The van der Waals surface area contributed by atoms with E-state index in [2.05, 4.69) is 5.32 Å². The van der Waals surface area contributed by atoms with E-state index in [9.17, 15) is 9.59 Å². The molecule has 5 rings (SSSR count). The molecule has 4 fully saturated rings. The molecular formula is C20H25NO3. The molecule has 0 saturated heterocycles. The average molecular weight is 327 g/mol. The van der Waals surface area contributed by atoms with E-state index < -0.39 is 0 Å². The molecule has 0 aliphatic heterocycles. The van der Waals surface area contributed by atoms with E-state index in [0.717, 1.165) is 30.5 Å². The van der Waals surface area contributed by atoms with Gasteiger partial charge >= 0.3 is 5.97 Å². The van der Waals surface area contributed by atoms with Crippen LogP contribution in [0, 0.1) is 30.1 Å². The van der Waals surface area contributed by atoms with Crippen molar-refractivity contribution in [2.24, 2.45) is 23.2 Å². The fraction of sp³-hybridized carbons (Fsp3) is 0.600. The van der Waals surface area contributed by atoms with Crippen molar-refractivity contribution in [1.82, 2.24) is 0 Å². The summed E-state index contributed by atoms with van der Waals surface area (Å²) in [4.78, 5) is 24.8. The number of hydrogen-bond donors (Lipinski definition) is 1. The molecule has 0 unspecified atom stereocenters. The Balaban J connectivity index is 1.35. The number of hydrogen-bond acceptors (Lipinski definition) is 3. The lowest BCUT2D eigenvalue weighted by Gasteiger charge is -2.55. The summed E-state index contributed by atoms with van der Waals surface area (Å²) >= 11 is 0. The normalized spacial score (nSPS) is 33.3. The van der Waals surface area contributed by atoms with Crippen LogP contribution >= 0.6 is 0 Å². The summed E-state index contributed by atoms with van der Waals surface area (Å²) in [5, 5.41) is 2.82. The molecule has 4 bridgehead atoms. The van der Waals surface area contributed by atoms with Crippen molar-refractivity contribution >= 4 is 17.6 Å². The Morgan fingerprint density at radius 3 is 2.25 bits per heavy atom. The minimum Gasteiger partial charge on any atom is -0.455 e. The second kappa shape index (κ2) is 5.91. The van der Waals surface area contributed by atoms with Crippen LogP contribution in [0.15, 0.2) is 24.3 Å². The molecule has 1 N–H and O–H groups in total. The monoisotopic (exact) mass is 327 g/mol. The highest BCUT2D eigenvalue weighted by molar-refractivity contribution is 5.93. The maximum atomic E-state index is 12.7. The minimum atomic E-state index is -0.294. The van der Waals surface area contributed by atoms with Gasteiger partial charge in [-0.1, -0.05) is 18.2 Å². The van der Waals surface area contributed by atoms with Crippen molar-refractivity contribution in [3.63, 3.8) is 0 Å². The number of esters is 1. The van der Waals surface area contributed by atoms with E-state index in [1.807, 2.05) is 31.2 Å². The third kappa shape index (κ3) is 2.83. The van der Waals surface area contributed by atoms with Gasteiger partial charge in [-0.3, -0.25) is 9.59 Å². The van der Waals surface area contributed by atoms with Crippen molar-refractivity contribution in [2.75, 3.05) is 11.9 Å². The Labute approximate surface area is 143 Å². The van der Waals surface area contributed by atoms with Crippen LogP contribution in [0.1, 0.15) is 44.1 Å². The molecule has 0 heterocycles. The highest BCUT2D eigenvalue weighted by atomic mass is 16.5. The standard InChI is InChI=1S/C20H25NO3/c1-13-4-2-3-5-17(13)21-18(22)12-24-19(23)20-9-14-6-15(10-20)8-16(7-14)11-20/h2-5,14-16H,6-12H2,1H3,(H,21,22). The van der Waals surface area contributed by atoms with E-state index in [1.54, 1.807) is 0 Å². The largest absolute Gasteiger partial charge is 0.455 e. The van der Waals surface area contributed by atoms with Gasteiger partial charge in [-0.2, -0.15) is 0 Å². The summed E-state index contributed by atoms with van der Waals surface area (Å²) in [7, 11) is 0. The van der Waals surface area contributed by atoms with Crippen molar-refractivity contribution in [3.8, 4) is 0 Å². The quantitative estimate of drug-likeness (QED) is 0.858. The van der Waals surface area contributed by atoms with Crippen LogP contribution in [0.2, 0.25) is 0 Å². The molecule has 0 spiro atoms. The Kier molecular flexibility index (Phi) is 3.86. The second-order valence-corrected chi connectivity index (χ2v) is 8.14. The predicted molar refractivity (Wildman–Crippen MR) is 91.4 cm³/mol. The molecular weight excluding hydrogens is 302 g/mol. The maximum absolute atomic E-state index is 12.7. The number of amides is 1. The lowest BCUT2D eigenvalue weighted by Crippen LogP contribution is -2.50. The highest BCUT2D eigenvalue weighted by Crippen LogP contribution is 2.60. The molecule has 0 atom stereocenters. The van der Waals surface area contributed by atoms with Gasteiger partial charge in [-0.25, -0.2) is 0 Å². The van der Waals surface area contributed by atoms with Gasteiger partial charge in [0.1, 0.15) is 0 Å². The molecule has 4 aliphatic carbocycles. The fourth-order valence-corrected chi connectivity index (χ4v) is 5.54. The van der Waals surface area contributed by atoms with Crippen LogP contribution in [-0.2, 0) is 14.3 Å². The van der Waals surface area contributed by atoms with Crippen LogP contribution < -0.4 is 5.32 Å². The van der Waals surface area contributed by atoms with E-state index in [4.69, 9.17) is 4.74 Å². The Morgan fingerprint density at radius 2 is 1.67 bits per heavy atom. The van der Waals surface area contributed by atoms with E-state index >= 15 is 0 Å². The number of anilines is 1. The molecule has 4 heteroatoms. The molecule has 4 saturated carbocycles. The van der Waals surface area contributed by atoms with Gasteiger partial charge in [-0.05, 0) is 74.8 Å². The topological polar surface area (TPSA) is 55.4 Å². The number of ether oxygens (including phenoxy) is 1. The Morgan fingerprint density at radius 1 is 1.08 bits per heavy atom. The van der Waals surface area contributed by atoms with Gasteiger partial charge < -0.3 is 10.1 Å². The fourth-order valence-electron chi connectivity index (χ4n) is 5.54. The van der Waals surface area contributed by atoms with E-state index in [-0.39, 0.29) is 23.9 Å². The number of benzene rings is 1. The molecule has 128 valence electrons. The second-order valence-electron chi connectivity index (χ2n) is 8.14. The Hall–Kier alpha value is -1.84. The molecule has 24 heavy (non-hydrogen) atoms. The number of carbonyl (C=O) groups excluding carboxylic acids is 2. The highest BCUT2D eigenvalue weighted by Gasteiger charge is 2.55. The van der Waals surface area contributed by atoms with Gasteiger partial charge in [0.2, 0.25) is 0 Å².